The Bertz CT molecular complexity index is 285. The molecule has 1 rings (SSSR count). The molecular formula is C11H16NP. The largest absolute Gasteiger partial charge is 0.300 e. The zero-order valence-electron chi connectivity index (χ0n) is 8.39. The third-order valence-corrected chi connectivity index (χ3v) is 2.85. The Morgan fingerprint density at radius 1 is 1.15 bits per heavy atom. The van der Waals surface area contributed by atoms with E-state index in [-0.39, 0.29) is 5.16 Å². The first-order chi connectivity index (χ1) is 5.99. The molecule has 2 heteroatoms. The van der Waals surface area contributed by atoms with Gasteiger partial charge in [0.05, 0.1) is 5.45 Å². The van der Waals surface area contributed by atoms with Crippen LogP contribution in [0.4, 0.5) is 0 Å². The minimum atomic E-state index is 0.229. The first-order valence-corrected chi connectivity index (χ1v) is 5.41. The Kier molecular flexibility index (Phi) is 3.22. The van der Waals surface area contributed by atoms with Gasteiger partial charge in [-0.15, -0.1) is 0 Å². The van der Waals surface area contributed by atoms with E-state index in [1.807, 2.05) is 30.3 Å². The van der Waals surface area contributed by atoms with Gasteiger partial charge in [0.2, 0.25) is 0 Å². The summed E-state index contributed by atoms with van der Waals surface area (Å²) in [6.07, 6.45) is 0. The Hall–Kier alpha value is -0.680. The lowest BCUT2D eigenvalue weighted by Gasteiger charge is -2.18. The molecule has 0 saturated heterocycles. The minimum Gasteiger partial charge on any atom is -0.300 e. The summed E-state index contributed by atoms with van der Waals surface area (Å²) in [4.78, 5) is 0. The van der Waals surface area contributed by atoms with Crippen LogP contribution in [-0.4, -0.2) is 10.6 Å². The van der Waals surface area contributed by atoms with E-state index in [0.717, 1.165) is 11.0 Å². The highest BCUT2D eigenvalue weighted by atomic mass is 31.1. The summed E-state index contributed by atoms with van der Waals surface area (Å²) >= 11 is 0. The molecule has 0 amide bonds. The van der Waals surface area contributed by atoms with Crippen molar-refractivity contribution < 1.29 is 0 Å². The molecule has 13 heavy (non-hydrogen) atoms. The lowest BCUT2D eigenvalue weighted by atomic mass is 10.2. The third kappa shape index (κ3) is 3.69. The average Bonchev–Trinajstić information content (AvgIpc) is 2.03. The van der Waals surface area contributed by atoms with Gasteiger partial charge in [-0.05, 0) is 10.7 Å². The van der Waals surface area contributed by atoms with Crippen molar-refractivity contribution >= 4 is 14.0 Å². The predicted molar refractivity (Wildman–Crippen MR) is 61.3 cm³/mol. The number of hydrogen-bond donors (Lipinski definition) is 1. The van der Waals surface area contributed by atoms with Crippen LogP contribution >= 0.6 is 8.58 Å². The highest BCUT2D eigenvalue weighted by molar-refractivity contribution is 7.60. The molecule has 0 bridgehead atoms. The maximum atomic E-state index is 7.90. The molecule has 0 aliphatic heterocycles. The van der Waals surface area contributed by atoms with Gasteiger partial charge in [0.15, 0.2) is 0 Å². The second-order valence-corrected chi connectivity index (χ2v) is 6.37. The maximum absolute atomic E-state index is 7.90. The summed E-state index contributed by atoms with van der Waals surface area (Å²) in [6.45, 7) is 6.51. The molecule has 1 unspecified atom stereocenters. The molecule has 0 spiro atoms. The minimum absolute atomic E-state index is 0.229. The fourth-order valence-electron chi connectivity index (χ4n) is 1.05. The van der Waals surface area contributed by atoms with Crippen LogP contribution in [0.25, 0.3) is 0 Å². The molecule has 0 radical (unpaired) electrons. The van der Waals surface area contributed by atoms with Gasteiger partial charge < -0.3 is 5.41 Å². The molecule has 1 nitrogen and oxygen atoms in total. The van der Waals surface area contributed by atoms with E-state index in [1.54, 1.807) is 0 Å². The summed E-state index contributed by atoms with van der Waals surface area (Å²) in [5.41, 5.74) is 1.81. The van der Waals surface area contributed by atoms with Gasteiger partial charge in [-0.3, -0.25) is 0 Å². The lowest BCUT2D eigenvalue weighted by Crippen LogP contribution is -2.09. The van der Waals surface area contributed by atoms with Crippen LogP contribution in [0.3, 0.4) is 0 Å². The van der Waals surface area contributed by atoms with Gasteiger partial charge in [0.1, 0.15) is 0 Å². The van der Waals surface area contributed by atoms with E-state index in [9.17, 15) is 0 Å². The van der Waals surface area contributed by atoms with E-state index >= 15 is 0 Å². The molecule has 1 atom stereocenters. The van der Waals surface area contributed by atoms with Crippen LogP contribution in [0.5, 0.6) is 0 Å². The van der Waals surface area contributed by atoms with Crippen LogP contribution < -0.4 is 0 Å². The van der Waals surface area contributed by atoms with Crippen molar-refractivity contribution in [3.05, 3.63) is 35.9 Å². The summed E-state index contributed by atoms with van der Waals surface area (Å²) in [5, 5.41) is 8.13. The number of rotatable bonds is 2. The van der Waals surface area contributed by atoms with Crippen molar-refractivity contribution in [1.29, 1.82) is 5.41 Å². The molecule has 70 valence electrons. The topological polar surface area (TPSA) is 23.9 Å². The molecular weight excluding hydrogens is 177 g/mol. The van der Waals surface area contributed by atoms with Gasteiger partial charge in [0.25, 0.3) is 0 Å². The molecule has 0 saturated carbocycles. The molecule has 0 heterocycles. The predicted octanol–water partition coefficient (Wildman–Crippen LogP) is 3.49. The molecule has 1 aromatic rings. The van der Waals surface area contributed by atoms with Crippen molar-refractivity contribution in [3.63, 3.8) is 0 Å². The zero-order valence-corrected chi connectivity index (χ0v) is 9.39. The van der Waals surface area contributed by atoms with E-state index in [1.165, 1.54) is 0 Å². The highest BCUT2D eigenvalue weighted by Gasteiger charge is 2.13. The van der Waals surface area contributed by atoms with Crippen molar-refractivity contribution in [2.75, 3.05) is 0 Å². The van der Waals surface area contributed by atoms with Crippen LogP contribution in [-0.2, 0) is 0 Å². The van der Waals surface area contributed by atoms with E-state index < -0.39 is 0 Å². The SMILES string of the molecule is CC(C)(C)PC(=N)c1ccccc1. The van der Waals surface area contributed by atoms with Gasteiger partial charge >= 0.3 is 0 Å². The summed E-state index contributed by atoms with van der Waals surface area (Å²) in [6, 6.07) is 9.95. The summed E-state index contributed by atoms with van der Waals surface area (Å²) in [5.74, 6) is 0. The van der Waals surface area contributed by atoms with E-state index in [4.69, 9.17) is 5.41 Å². The van der Waals surface area contributed by atoms with Crippen molar-refractivity contribution in [2.45, 2.75) is 25.9 Å². The average molecular weight is 193 g/mol. The second kappa shape index (κ2) is 4.02. The van der Waals surface area contributed by atoms with Crippen molar-refractivity contribution in [2.24, 2.45) is 0 Å². The highest BCUT2D eigenvalue weighted by Crippen LogP contribution is 2.33. The summed E-state index contributed by atoms with van der Waals surface area (Å²) < 4.78 is 0. The van der Waals surface area contributed by atoms with Crippen molar-refractivity contribution in [3.8, 4) is 0 Å². The zero-order chi connectivity index (χ0) is 9.90. The van der Waals surface area contributed by atoms with Crippen LogP contribution in [0, 0.1) is 5.41 Å². The normalized spacial score (nSPS) is 12.2. The monoisotopic (exact) mass is 193 g/mol. The second-order valence-electron chi connectivity index (χ2n) is 4.12. The van der Waals surface area contributed by atoms with Gasteiger partial charge in [0, 0.05) is 0 Å². The van der Waals surface area contributed by atoms with Crippen LogP contribution in [0.1, 0.15) is 26.3 Å². The Morgan fingerprint density at radius 3 is 2.15 bits per heavy atom. The van der Waals surface area contributed by atoms with Gasteiger partial charge in [-0.25, -0.2) is 0 Å². The molecule has 0 aromatic heterocycles. The van der Waals surface area contributed by atoms with Gasteiger partial charge in [-0.1, -0.05) is 59.7 Å². The third-order valence-electron chi connectivity index (χ3n) is 1.56. The molecule has 0 aliphatic rings. The number of nitrogens with one attached hydrogen (secondary N) is 1. The van der Waals surface area contributed by atoms with E-state index in [2.05, 4.69) is 20.8 Å². The standard InChI is InChI=1S/C11H16NP/c1-11(2,3)13-10(12)9-7-5-4-6-8-9/h4-8,12-13H,1-3H3. The van der Waals surface area contributed by atoms with Crippen LogP contribution in [0.2, 0.25) is 0 Å². The number of benzene rings is 1. The van der Waals surface area contributed by atoms with Crippen molar-refractivity contribution in [1.82, 2.24) is 0 Å². The lowest BCUT2D eigenvalue weighted by molar-refractivity contribution is 0.800. The first kappa shape index (κ1) is 10.4. The molecule has 1 N–H and O–H groups in total. The maximum Gasteiger partial charge on any atom is 0.0587 e. The quantitative estimate of drug-likeness (QED) is 0.549. The molecule has 0 fully saturated rings. The fourth-order valence-corrected chi connectivity index (χ4v) is 2.11. The van der Waals surface area contributed by atoms with Crippen LogP contribution in [0.15, 0.2) is 30.3 Å². The first-order valence-electron chi connectivity index (χ1n) is 4.41. The van der Waals surface area contributed by atoms with E-state index in [0.29, 0.717) is 8.58 Å². The molecule has 0 aliphatic carbocycles. The number of hydrogen-bond acceptors (Lipinski definition) is 1. The Labute approximate surface area is 81.9 Å². The van der Waals surface area contributed by atoms with Gasteiger partial charge in [-0.2, -0.15) is 0 Å². The summed E-state index contributed by atoms with van der Waals surface area (Å²) in [7, 11) is 0.576. The fraction of sp³-hybridized carbons (Fsp3) is 0.364. The Balaban J connectivity index is 2.71. The Morgan fingerprint density at radius 2 is 1.69 bits per heavy atom. The molecule has 1 aromatic carbocycles. The smallest absolute Gasteiger partial charge is 0.0587 e.